The molecule has 12 heteroatoms. The van der Waals surface area contributed by atoms with Crippen LogP contribution in [0.4, 0.5) is 8.78 Å². The van der Waals surface area contributed by atoms with Crippen LogP contribution in [0.2, 0.25) is 0 Å². The van der Waals surface area contributed by atoms with Gasteiger partial charge in [-0.3, -0.25) is 4.79 Å². The molecule has 1 saturated heterocycles. The van der Waals surface area contributed by atoms with Crippen molar-refractivity contribution < 1.29 is 31.5 Å². The first kappa shape index (κ1) is 22.7. The number of hydrogen-bond donors (Lipinski definition) is 0. The van der Waals surface area contributed by atoms with E-state index in [0.717, 1.165) is 0 Å². The molecule has 172 valence electrons. The molecule has 0 atom stereocenters. The molecule has 2 aliphatic rings. The molecule has 1 fully saturated rings. The monoisotopic (exact) mass is 485 g/mol. The second-order valence-corrected chi connectivity index (χ2v) is 10.0. The van der Waals surface area contributed by atoms with Crippen molar-refractivity contribution >= 4 is 27.7 Å². The van der Waals surface area contributed by atoms with Crippen molar-refractivity contribution in [2.45, 2.75) is 22.1 Å². The summed E-state index contributed by atoms with van der Waals surface area (Å²) in [4.78, 5) is 18.3. The third-order valence-corrected chi connectivity index (χ3v) is 7.71. The van der Waals surface area contributed by atoms with E-state index >= 15 is 0 Å². The first-order valence-corrected chi connectivity index (χ1v) is 12.3. The zero-order chi connectivity index (χ0) is 22.7. The Morgan fingerprint density at radius 1 is 1.06 bits per heavy atom. The third-order valence-electron chi connectivity index (χ3n) is 5.08. The average Bonchev–Trinajstić information content (AvgIpc) is 3.03. The summed E-state index contributed by atoms with van der Waals surface area (Å²) in [5.74, 6) is -2.26. The normalized spacial score (nSPS) is 17.3. The summed E-state index contributed by atoms with van der Waals surface area (Å²) >= 11 is 0.212. The molecule has 2 aliphatic heterocycles. The lowest BCUT2D eigenvalue weighted by atomic mass is 10.2. The fourth-order valence-electron chi connectivity index (χ4n) is 3.49. The van der Waals surface area contributed by atoms with Gasteiger partial charge in [-0.25, -0.2) is 13.4 Å². The van der Waals surface area contributed by atoms with Gasteiger partial charge in [0, 0.05) is 44.9 Å². The van der Waals surface area contributed by atoms with Crippen molar-refractivity contribution in [2.75, 3.05) is 39.4 Å². The number of halogens is 2. The number of hydrogen-bond acceptors (Lipinski definition) is 7. The summed E-state index contributed by atoms with van der Waals surface area (Å²) in [6.07, 6.45) is 2.06. The maximum Gasteiger partial charge on any atom is 0.290 e. The first-order chi connectivity index (χ1) is 15.4. The summed E-state index contributed by atoms with van der Waals surface area (Å²) in [6.45, 7) is 1.38. The summed E-state index contributed by atoms with van der Waals surface area (Å²) in [5.41, 5.74) is 0.0806. The van der Waals surface area contributed by atoms with Gasteiger partial charge in [0.2, 0.25) is 10.0 Å². The maximum atomic E-state index is 13.1. The number of thioether (sulfide) groups is 1. The van der Waals surface area contributed by atoms with E-state index in [1.165, 1.54) is 39.7 Å². The number of carbonyl (C=O) groups is 1. The standard InChI is InChI=1S/C20H21F2N3O5S2/c21-20(22)31-18-15(3-1-6-23-18)19(26)24-7-9-25(10-8-24)32(27,28)14-4-5-16-17(13-14)30-12-2-11-29-16/h1,3-6,13,20H,2,7-12H2. The number of benzene rings is 1. The highest BCUT2D eigenvalue weighted by molar-refractivity contribution is 7.99. The van der Waals surface area contributed by atoms with Crippen molar-refractivity contribution in [3.05, 3.63) is 42.1 Å². The van der Waals surface area contributed by atoms with Crippen molar-refractivity contribution in [1.82, 2.24) is 14.2 Å². The van der Waals surface area contributed by atoms with Crippen LogP contribution < -0.4 is 9.47 Å². The molecule has 0 unspecified atom stereocenters. The van der Waals surface area contributed by atoms with Gasteiger partial charge in [-0.1, -0.05) is 0 Å². The molecule has 0 radical (unpaired) electrons. The van der Waals surface area contributed by atoms with Crippen LogP contribution in [-0.2, 0) is 10.0 Å². The van der Waals surface area contributed by atoms with E-state index in [1.807, 2.05) is 0 Å². The van der Waals surface area contributed by atoms with Gasteiger partial charge in [-0.2, -0.15) is 13.1 Å². The minimum atomic E-state index is -3.80. The number of piperazine rings is 1. The molecule has 2 aromatic rings. The summed E-state index contributed by atoms with van der Waals surface area (Å²) in [7, 11) is -3.80. The second kappa shape index (κ2) is 9.59. The zero-order valence-corrected chi connectivity index (χ0v) is 18.6. The summed E-state index contributed by atoms with van der Waals surface area (Å²) in [6, 6.07) is 7.47. The van der Waals surface area contributed by atoms with Crippen LogP contribution in [0.25, 0.3) is 0 Å². The van der Waals surface area contributed by atoms with Crippen molar-refractivity contribution in [3.8, 4) is 11.5 Å². The van der Waals surface area contributed by atoms with Gasteiger partial charge < -0.3 is 14.4 Å². The molecular formula is C20H21F2N3O5S2. The molecule has 32 heavy (non-hydrogen) atoms. The van der Waals surface area contributed by atoms with Gasteiger partial charge in [0.05, 0.1) is 23.7 Å². The number of rotatable bonds is 5. The van der Waals surface area contributed by atoms with Gasteiger partial charge in [-0.05, 0) is 36.0 Å². The zero-order valence-electron chi connectivity index (χ0n) is 16.9. The lowest BCUT2D eigenvalue weighted by Crippen LogP contribution is -2.50. The van der Waals surface area contributed by atoms with Gasteiger partial charge in [0.1, 0.15) is 5.03 Å². The summed E-state index contributed by atoms with van der Waals surface area (Å²) < 4.78 is 64.2. The van der Waals surface area contributed by atoms with Gasteiger partial charge in [0.15, 0.2) is 11.5 Å². The molecule has 3 heterocycles. The van der Waals surface area contributed by atoms with Crippen LogP contribution in [-0.4, -0.2) is 73.7 Å². The predicted octanol–water partition coefficient (Wildman–Crippen LogP) is 2.70. The van der Waals surface area contributed by atoms with Gasteiger partial charge in [-0.15, -0.1) is 0 Å². The minimum Gasteiger partial charge on any atom is -0.490 e. The molecule has 0 bridgehead atoms. The fourth-order valence-corrected chi connectivity index (χ4v) is 5.50. The Morgan fingerprint density at radius 3 is 2.50 bits per heavy atom. The number of amides is 1. The first-order valence-electron chi connectivity index (χ1n) is 9.95. The van der Waals surface area contributed by atoms with E-state index in [4.69, 9.17) is 9.47 Å². The molecule has 1 aromatic heterocycles. The number of ether oxygens (including phenoxy) is 2. The van der Waals surface area contributed by atoms with E-state index in [0.29, 0.717) is 31.1 Å². The molecule has 0 N–H and O–H groups in total. The molecule has 0 aliphatic carbocycles. The highest BCUT2D eigenvalue weighted by Crippen LogP contribution is 2.33. The SMILES string of the molecule is O=C(c1cccnc1SC(F)F)N1CCN(S(=O)(=O)c2ccc3c(c2)OCCCO3)CC1. The number of aromatic nitrogens is 1. The number of nitrogens with zero attached hydrogens (tertiary/aromatic N) is 3. The molecule has 4 rings (SSSR count). The van der Waals surface area contributed by atoms with Crippen molar-refractivity contribution in [2.24, 2.45) is 0 Å². The van der Waals surface area contributed by atoms with Crippen LogP contribution in [0.15, 0.2) is 46.5 Å². The molecule has 1 aromatic carbocycles. The average molecular weight is 486 g/mol. The van der Waals surface area contributed by atoms with Crippen LogP contribution in [0.5, 0.6) is 11.5 Å². The lowest BCUT2D eigenvalue weighted by Gasteiger charge is -2.34. The number of alkyl halides is 2. The highest BCUT2D eigenvalue weighted by Gasteiger charge is 2.32. The molecular weight excluding hydrogens is 464 g/mol. The summed E-state index contributed by atoms with van der Waals surface area (Å²) in [5, 5.41) is -0.0465. The predicted molar refractivity (Wildman–Crippen MR) is 113 cm³/mol. The Kier molecular flexibility index (Phi) is 6.82. The minimum absolute atomic E-state index is 0.0465. The maximum absolute atomic E-state index is 13.1. The van der Waals surface area contributed by atoms with E-state index in [-0.39, 0.29) is 53.4 Å². The highest BCUT2D eigenvalue weighted by atomic mass is 32.2. The van der Waals surface area contributed by atoms with Gasteiger partial charge in [0.25, 0.3) is 11.7 Å². The fraction of sp³-hybridized carbons (Fsp3) is 0.400. The Hall–Kier alpha value is -2.44. The van der Waals surface area contributed by atoms with Crippen molar-refractivity contribution in [1.29, 1.82) is 0 Å². The Balaban J connectivity index is 1.46. The molecule has 0 saturated carbocycles. The Bertz CT molecular complexity index is 1090. The third kappa shape index (κ3) is 4.81. The van der Waals surface area contributed by atoms with E-state index in [1.54, 1.807) is 6.07 Å². The molecule has 0 spiro atoms. The lowest BCUT2D eigenvalue weighted by molar-refractivity contribution is 0.0693. The van der Waals surface area contributed by atoms with Crippen LogP contribution in [0.1, 0.15) is 16.8 Å². The topological polar surface area (TPSA) is 89.0 Å². The number of pyridine rings is 1. The molecule has 8 nitrogen and oxygen atoms in total. The van der Waals surface area contributed by atoms with Crippen molar-refractivity contribution in [3.63, 3.8) is 0 Å². The van der Waals surface area contributed by atoms with Crippen LogP contribution in [0, 0.1) is 0 Å². The van der Waals surface area contributed by atoms with Crippen LogP contribution >= 0.6 is 11.8 Å². The quantitative estimate of drug-likeness (QED) is 0.602. The Labute approximate surface area is 188 Å². The largest absolute Gasteiger partial charge is 0.490 e. The number of fused-ring (bicyclic) bond motifs is 1. The van der Waals surface area contributed by atoms with Crippen LogP contribution in [0.3, 0.4) is 0 Å². The smallest absolute Gasteiger partial charge is 0.290 e. The molecule has 1 amide bonds. The second-order valence-electron chi connectivity index (χ2n) is 7.09. The number of sulfonamides is 1. The number of carbonyl (C=O) groups excluding carboxylic acids is 1. The van der Waals surface area contributed by atoms with E-state index in [2.05, 4.69) is 4.98 Å². The van der Waals surface area contributed by atoms with Gasteiger partial charge >= 0.3 is 0 Å². The Morgan fingerprint density at radius 2 is 1.78 bits per heavy atom. The van der Waals surface area contributed by atoms with E-state index < -0.39 is 21.7 Å². The van der Waals surface area contributed by atoms with E-state index in [9.17, 15) is 22.0 Å².